The van der Waals surface area contributed by atoms with Crippen molar-refractivity contribution in [2.24, 2.45) is 0 Å². The van der Waals surface area contributed by atoms with Crippen molar-refractivity contribution in [2.75, 3.05) is 28.4 Å². The molecule has 0 saturated heterocycles. The maximum Gasteiger partial charge on any atom is 0.337 e. The Labute approximate surface area is 150 Å². The fraction of sp³-hybridized carbons (Fsp3) is 0.353. The molecule has 0 radical (unpaired) electrons. The van der Waals surface area contributed by atoms with E-state index in [1.165, 1.54) is 28.4 Å². The van der Waals surface area contributed by atoms with Gasteiger partial charge in [0.2, 0.25) is 12.2 Å². The lowest BCUT2D eigenvalue weighted by atomic mass is 9.93. The van der Waals surface area contributed by atoms with Crippen molar-refractivity contribution in [2.45, 2.75) is 13.0 Å². The van der Waals surface area contributed by atoms with Crippen molar-refractivity contribution in [3.8, 4) is 17.2 Å². The Morgan fingerprint density at radius 1 is 1.12 bits per heavy atom. The molecule has 0 aromatic heterocycles. The summed E-state index contributed by atoms with van der Waals surface area (Å²) in [5.41, 5.74) is 0.827. The van der Waals surface area contributed by atoms with E-state index in [0.717, 1.165) is 4.90 Å². The summed E-state index contributed by atoms with van der Waals surface area (Å²) in [7, 11) is 5.55. The first-order chi connectivity index (χ1) is 12.4. The van der Waals surface area contributed by atoms with Crippen LogP contribution in [0.15, 0.2) is 23.4 Å². The van der Waals surface area contributed by atoms with Gasteiger partial charge < -0.3 is 24.3 Å². The minimum absolute atomic E-state index is 0.119. The number of allylic oxidation sites excluding steroid dienone is 1. The molecule has 0 saturated carbocycles. The highest BCUT2D eigenvalue weighted by molar-refractivity contribution is 5.98. The molecule has 0 fully saturated rings. The number of nitrogens with one attached hydrogen (secondary N) is 1. The number of ether oxygens (including phenoxy) is 4. The molecule has 26 heavy (non-hydrogen) atoms. The van der Waals surface area contributed by atoms with Crippen LogP contribution in [-0.4, -0.2) is 51.7 Å². The monoisotopic (exact) mass is 364 g/mol. The zero-order valence-corrected chi connectivity index (χ0v) is 15.1. The number of rotatable bonds is 6. The lowest BCUT2D eigenvalue weighted by Crippen LogP contribution is -2.47. The molecule has 1 atom stereocenters. The average molecular weight is 364 g/mol. The molecule has 1 aromatic rings. The first-order valence-corrected chi connectivity index (χ1v) is 7.57. The number of carbonyl (C=O) groups is 3. The van der Waals surface area contributed by atoms with E-state index >= 15 is 0 Å². The number of urea groups is 1. The van der Waals surface area contributed by atoms with Gasteiger partial charge in [-0.1, -0.05) is 0 Å². The second kappa shape index (κ2) is 7.77. The van der Waals surface area contributed by atoms with Crippen molar-refractivity contribution in [3.63, 3.8) is 0 Å². The van der Waals surface area contributed by atoms with E-state index in [-0.39, 0.29) is 5.57 Å². The second-order valence-corrected chi connectivity index (χ2v) is 5.33. The minimum atomic E-state index is -1.01. The van der Waals surface area contributed by atoms with Gasteiger partial charge in [0.1, 0.15) is 6.04 Å². The summed E-state index contributed by atoms with van der Waals surface area (Å²) in [5.74, 6) is 0.311. The molecule has 9 heteroatoms. The minimum Gasteiger partial charge on any atom is -0.493 e. The zero-order valence-electron chi connectivity index (χ0n) is 15.1. The largest absolute Gasteiger partial charge is 0.493 e. The molecule has 0 aliphatic carbocycles. The van der Waals surface area contributed by atoms with Crippen molar-refractivity contribution < 1.29 is 33.3 Å². The highest BCUT2D eigenvalue weighted by atomic mass is 16.5. The zero-order chi connectivity index (χ0) is 19.4. The van der Waals surface area contributed by atoms with Crippen LogP contribution in [0, 0.1) is 0 Å². The molecular formula is C17H20N2O7. The number of methoxy groups -OCH3 is 4. The van der Waals surface area contributed by atoms with Gasteiger partial charge in [0.25, 0.3) is 0 Å². The van der Waals surface area contributed by atoms with Crippen LogP contribution < -0.4 is 19.5 Å². The number of benzene rings is 1. The van der Waals surface area contributed by atoms with Gasteiger partial charge in [-0.15, -0.1) is 0 Å². The maximum atomic E-state index is 12.3. The lowest BCUT2D eigenvalue weighted by molar-refractivity contribution is -0.137. The number of imide groups is 1. The Balaban J connectivity index is 2.75. The first kappa shape index (κ1) is 19.1. The predicted octanol–water partition coefficient (Wildman–Crippen LogP) is 1.38. The molecule has 1 aliphatic rings. The number of esters is 1. The second-order valence-electron chi connectivity index (χ2n) is 5.33. The molecule has 1 aliphatic heterocycles. The van der Waals surface area contributed by atoms with Crippen LogP contribution in [0.4, 0.5) is 4.79 Å². The number of amides is 3. The third-order valence-corrected chi connectivity index (χ3v) is 4.01. The van der Waals surface area contributed by atoms with E-state index < -0.39 is 18.0 Å². The number of hydrogen-bond acceptors (Lipinski definition) is 7. The number of hydrogen-bond donors (Lipinski definition) is 1. The van der Waals surface area contributed by atoms with Crippen molar-refractivity contribution >= 4 is 18.4 Å². The molecule has 0 spiro atoms. The molecule has 140 valence electrons. The highest BCUT2D eigenvalue weighted by Gasteiger charge is 2.39. The topological polar surface area (TPSA) is 103 Å². The van der Waals surface area contributed by atoms with Gasteiger partial charge >= 0.3 is 12.0 Å². The van der Waals surface area contributed by atoms with E-state index in [0.29, 0.717) is 34.9 Å². The van der Waals surface area contributed by atoms with Gasteiger partial charge in [0.05, 0.1) is 34.0 Å². The van der Waals surface area contributed by atoms with Gasteiger partial charge in [-0.3, -0.25) is 9.69 Å². The summed E-state index contributed by atoms with van der Waals surface area (Å²) < 4.78 is 20.7. The quantitative estimate of drug-likeness (QED) is 0.601. The van der Waals surface area contributed by atoms with Crippen LogP contribution in [0.25, 0.3) is 0 Å². The molecule has 2 rings (SSSR count). The first-order valence-electron chi connectivity index (χ1n) is 7.57. The molecule has 1 aromatic carbocycles. The van der Waals surface area contributed by atoms with Gasteiger partial charge in [0, 0.05) is 5.70 Å². The summed E-state index contributed by atoms with van der Waals surface area (Å²) in [4.78, 5) is 36.9. The average Bonchev–Trinajstić information content (AvgIpc) is 2.65. The number of carbonyl (C=O) groups excluding carboxylic acids is 3. The molecule has 3 amide bonds. The van der Waals surface area contributed by atoms with Crippen LogP contribution in [0.1, 0.15) is 18.5 Å². The standard InChI is InChI=1S/C17H20N2O7/c1-9-13(16(21)26-5)14(19(8-20)17(22)18-9)10-6-11(23-2)15(25-4)12(7-10)24-3/h6-8,14H,1-5H3,(H,18,22). The number of nitrogens with zero attached hydrogens (tertiary/aromatic N) is 1. The normalized spacial score (nSPS) is 16.7. The van der Waals surface area contributed by atoms with Crippen LogP contribution in [0.3, 0.4) is 0 Å². The summed E-state index contributed by atoms with van der Waals surface area (Å²) in [6, 6.07) is 1.46. The summed E-state index contributed by atoms with van der Waals surface area (Å²) in [6.45, 7) is 1.55. The van der Waals surface area contributed by atoms with Gasteiger partial charge in [0.15, 0.2) is 11.5 Å². The Hall–Kier alpha value is -3.23. The van der Waals surface area contributed by atoms with E-state index in [4.69, 9.17) is 18.9 Å². The van der Waals surface area contributed by atoms with E-state index in [2.05, 4.69) is 5.32 Å². The Morgan fingerprint density at radius 2 is 1.69 bits per heavy atom. The van der Waals surface area contributed by atoms with Gasteiger partial charge in [-0.2, -0.15) is 0 Å². The van der Waals surface area contributed by atoms with E-state index in [1.807, 2.05) is 0 Å². The Bertz CT molecular complexity index is 747. The summed E-state index contributed by atoms with van der Waals surface area (Å²) in [6.07, 6.45) is 0.346. The smallest absolute Gasteiger partial charge is 0.337 e. The molecule has 1 unspecified atom stereocenters. The fourth-order valence-corrected chi connectivity index (χ4v) is 2.82. The summed E-state index contributed by atoms with van der Waals surface area (Å²) in [5, 5.41) is 2.47. The third kappa shape index (κ3) is 3.15. The molecule has 1 N–H and O–H groups in total. The van der Waals surface area contributed by atoms with Crippen molar-refractivity contribution in [1.29, 1.82) is 0 Å². The Kier molecular flexibility index (Phi) is 5.71. The molecule has 1 heterocycles. The lowest BCUT2D eigenvalue weighted by Gasteiger charge is -2.34. The van der Waals surface area contributed by atoms with Crippen LogP contribution in [0.2, 0.25) is 0 Å². The van der Waals surface area contributed by atoms with Crippen molar-refractivity contribution in [1.82, 2.24) is 10.2 Å². The fourth-order valence-electron chi connectivity index (χ4n) is 2.82. The van der Waals surface area contributed by atoms with Crippen LogP contribution in [-0.2, 0) is 14.3 Å². The third-order valence-electron chi connectivity index (χ3n) is 4.01. The predicted molar refractivity (Wildman–Crippen MR) is 90.0 cm³/mol. The van der Waals surface area contributed by atoms with Gasteiger partial charge in [-0.05, 0) is 24.6 Å². The van der Waals surface area contributed by atoms with Crippen LogP contribution in [0.5, 0.6) is 17.2 Å². The molecular weight excluding hydrogens is 344 g/mol. The molecule has 9 nitrogen and oxygen atoms in total. The van der Waals surface area contributed by atoms with Crippen LogP contribution >= 0.6 is 0 Å². The molecule has 0 bridgehead atoms. The van der Waals surface area contributed by atoms with E-state index in [9.17, 15) is 14.4 Å². The summed E-state index contributed by atoms with van der Waals surface area (Å²) >= 11 is 0. The SMILES string of the molecule is COC(=O)C1=C(C)NC(=O)N(C=O)C1c1cc(OC)c(OC)c(OC)c1. The van der Waals surface area contributed by atoms with E-state index in [1.54, 1.807) is 19.1 Å². The van der Waals surface area contributed by atoms with Crippen molar-refractivity contribution in [3.05, 3.63) is 29.0 Å². The van der Waals surface area contributed by atoms with Gasteiger partial charge in [-0.25, -0.2) is 9.59 Å². The maximum absolute atomic E-state index is 12.3. The highest BCUT2D eigenvalue weighted by Crippen LogP contribution is 2.43. The Morgan fingerprint density at radius 3 is 2.12 bits per heavy atom.